The van der Waals surface area contributed by atoms with Crippen LogP contribution in [-0.4, -0.2) is 18.1 Å². The van der Waals surface area contributed by atoms with Gasteiger partial charge in [-0.25, -0.2) is 4.79 Å². The van der Waals surface area contributed by atoms with Crippen molar-refractivity contribution in [3.8, 4) is 0 Å². The van der Waals surface area contributed by atoms with Gasteiger partial charge < -0.3 is 4.74 Å². The summed E-state index contributed by atoms with van der Waals surface area (Å²) in [5.74, 6) is -0.352. The molecule has 13 heavy (non-hydrogen) atoms. The van der Waals surface area contributed by atoms with Crippen molar-refractivity contribution in [2.45, 2.75) is 6.92 Å². The summed E-state index contributed by atoms with van der Waals surface area (Å²) in [6.07, 6.45) is 4.78. The minimum atomic E-state index is -0.352. The van der Waals surface area contributed by atoms with E-state index in [4.69, 9.17) is 0 Å². The van der Waals surface area contributed by atoms with Gasteiger partial charge in [0.25, 0.3) is 0 Å². The third kappa shape index (κ3) is 3.07. The van der Waals surface area contributed by atoms with Crippen molar-refractivity contribution in [2.75, 3.05) is 7.11 Å². The molecule has 3 heteroatoms. The molecule has 0 aliphatic heterocycles. The molecule has 0 radical (unpaired) electrons. The number of ether oxygens (including phenoxy) is 1. The third-order valence-corrected chi connectivity index (χ3v) is 1.53. The van der Waals surface area contributed by atoms with E-state index in [1.807, 2.05) is 19.1 Å². The summed E-state index contributed by atoms with van der Waals surface area (Å²) in [6, 6.07) is 3.71. The van der Waals surface area contributed by atoms with Crippen LogP contribution in [0.3, 0.4) is 0 Å². The number of aryl methyl sites for hydroxylation is 1. The number of methoxy groups -OCH3 is 1. The normalized spacial score (nSPS) is 10.3. The highest BCUT2D eigenvalue weighted by molar-refractivity contribution is 5.86. The van der Waals surface area contributed by atoms with Crippen molar-refractivity contribution in [1.82, 2.24) is 4.98 Å². The van der Waals surface area contributed by atoms with Crippen molar-refractivity contribution in [2.24, 2.45) is 0 Å². The van der Waals surface area contributed by atoms with Crippen LogP contribution in [0.4, 0.5) is 0 Å². The van der Waals surface area contributed by atoms with Crippen LogP contribution in [0.5, 0.6) is 0 Å². The van der Waals surface area contributed by atoms with Crippen LogP contribution >= 0.6 is 0 Å². The van der Waals surface area contributed by atoms with Crippen LogP contribution in [0.2, 0.25) is 0 Å². The lowest BCUT2D eigenvalue weighted by molar-refractivity contribution is -0.134. The van der Waals surface area contributed by atoms with Gasteiger partial charge in [0.1, 0.15) is 0 Å². The molecule has 0 saturated carbocycles. The first kappa shape index (κ1) is 9.45. The maximum atomic E-state index is 10.7. The molecule has 0 saturated heterocycles. The van der Waals surface area contributed by atoms with Gasteiger partial charge in [-0.05, 0) is 30.7 Å². The molecule has 68 valence electrons. The average molecular weight is 177 g/mol. The SMILES string of the molecule is COC(=O)/C=C/c1ccnc(C)c1. The van der Waals surface area contributed by atoms with Gasteiger partial charge in [-0.1, -0.05) is 0 Å². The molecule has 1 aromatic rings. The van der Waals surface area contributed by atoms with Crippen molar-refractivity contribution < 1.29 is 9.53 Å². The molecular weight excluding hydrogens is 166 g/mol. The smallest absolute Gasteiger partial charge is 0.330 e. The minimum Gasteiger partial charge on any atom is -0.466 e. The van der Waals surface area contributed by atoms with Gasteiger partial charge in [-0.15, -0.1) is 0 Å². The van der Waals surface area contributed by atoms with Crippen LogP contribution in [0.1, 0.15) is 11.3 Å². The molecule has 0 aliphatic rings. The number of aromatic nitrogens is 1. The average Bonchev–Trinajstić information content (AvgIpc) is 2.14. The lowest BCUT2D eigenvalue weighted by Gasteiger charge is -1.94. The first-order chi connectivity index (χ1) is 6.22. The van der Waals surface area contributed by atoms with Crippen LogP contribution in [0.25, 0.3) is 6.08 Å². The molecule has 1 heterocycles. The Morgan fingerprint density at radius 1 is 1.62 bits per heavy atom. The first-order valence-electron chi connectivity index (χ1n) is 3.91. The Labute approximate surface area is 77.1 Å². The second-order valence-electron chi connectivity index (χ2n) is 2.59. The maximum absolute atomic E-state index is 10.7. The zero-order valence-corrected chi connectivity index (χ0v) is 7.65. The molecular formula is C10H11NO2. The van der Waals surface area contributed by atoms with Crippen molar-refractivity contribution in [3.63, 3.8) is 0 Å². The molecule has 1 rings (SSSR count). The quantitative estimate of drug-likeness (QED) is 0.508. The van der Waals surface area contributed by atoms with E-state index in [2.05, 4.69) is 9.72 Å². The van der Waals surface area contributed by atoms with E-state index in [1.54, 1.807) is 12.3 Å². The molecule has 0 aliphatic carbocycles. The summed E-state index contributed by atoms with van der Waals surface area (Å²) < 4.78 is 4.46. The molecule has 0 aromatic carbocycles. The Hall–Kier alpha value is -1.64. The highest BCUT2D eigenvalue weighted by Gasteiger charge is 1.92. The molecule has 0 atom stereocenters. The Bertz CT molecular complexity index is 331. The molecule has 0 bridgehead atoms. The minimum absolute atomic E-state index is 0.352. The summed E-state index contributed by atoms with van der Waals surface area (Å²) in [6.45, 7) is 1.90. The van der Waals surface area contributed by atoms with Crippen LogP contribution in [0.15, 0.2) is 24.4 Å². The predicted molar refractivity (Wildman–Crippen MR) is 50.0 cm³/mol. The van der Waals surface area contributed by atoms with E-state index in [0.717, 1.165) is 11.3 Å². The van der Waals surface area contributed by atoms with Gasteiger partial charge in [0.2, 0.25) is 0 Å². The summed E-state index contributed by atoms with van der Waals surface area (Å²) in [4.78, 5) is 14.8. The Kier molecular flexibility index (Phi) is 3.20. The number of rotatable bonds is 2. The summed E-state index contributed by atoms with van der Waals surface area (Å²) in [5, 5.41) is 0. The third-order valence-electron chi connectivity index (χ3n) is 1.53. The van der Waals surface area contributed by atoms with Crippen molar-refractivity contribution in [1.29, 1.82) is 0 Å². The Balaban J connectivity index is 2.74. The lowest BCUT2D eigenvalue weighted by Crippen LogP contribution is -1.93. The fourth-order valence-corrected chi connectivity index (χ4v) is 0.903. The second-order valence-corrected chi connectivity index (χ2v) is 2.59. The van der Waals surface area contributed by atoms with E-state index in [9.17, 15) is 4.79 Å². The number of esters is 1. The van der Waals surface area contributed by atoms with Crippen molar-refractivity contribution >= 4 is 12.0 Å². The van der Waals surface area contributed by atoms with Gasteiger partial charge in [-0.2, -0.15) is 0 Å². The maximum Gasteiger partial charge on any atom is 0.330 e. The summed E-state index contributed by atoms with van der Waals surface area (Å²) in [5.41, 5.74) is 1.87. The van der Waals surface area contributed by atoms with Crippen LogP contribution < -0.4 is 0 Å². The fraction of sp³-hybridized carbons (Fsp3) is 0.200. The van der Waals surface area contributed by atoms with E-state index in [1.165, 1.54) is 13.2 Å². The zero-order valence-electron chi connectivity index (χ0n) is 7.65. The van der Waals surface area contributed by atoms with Gasteiger partial charge in [0.15, 0.2) is 0 Å². The van der Waals surface area contributed by atoms with Gasteiger partial charge in [-0.3, -0.25) is 4.98 Å². The fourth-order valence-electron chi connectivity index (χ4n) is 0.903. The van der Waals surface area contributed by atoms with E-state index >= 15 is 0 Å². The van der Waals surface area contributed by atoms with Crippen LogP contribution in [0, 0.1) is 6.92 Å². The van der Waals surface area contributed by atoms with Crippen LogP contribution in [-0.2, 0) is 9.53 Å². The highest BCUT2D eigenvalue weighted by atomic mass is 16.5. The largest absolute Gasteiger partial charge is 0.466 e. The van der Waals surface area contributed by atoms with Gasteiger partial charge in [0.05, 0.1) is 7.11 Å². The molecule has 0 N–H and O–H groups in total. The highest BCUT2D eigenvalue weighted by Crippen LogP contribution is 2.02. The topological polar surface area (TPSA) is 39.2 Å². The van der Waals surface area contributed by atoms with Crippen molar-refractivity contribution in [3.05, 3.63) is 35.7 Å². The molecule has 0 unspecified atom stereocenters. The molecule has 0 spiro atoms. The van der Waals surface area contributed by atoms with E-state index in [-0.39, 0.29) is 5.97 Å². The van der Waals surface area contributed by atoms with E-state index < -0.39 is 0 Å². The predicted octanol–water partition coefficient (Wildman–Crippen LogP) is 1.58. The summed E-state index contributed by atoms with van der Waals surface area (Å²) in [7, 11) is 1.35. The molecule has 0 fully saturated rings. The first-order valence-corrected chi connectivity index (χ1v) is 3.91. The molecule has 1 aromatic heterocycles. The number of pyridine rings is 1. The van der Waals surface area contributed by atoms with Gasteiger partial charge >= 0.3 is 5.97 Å². The Morgan fingerprint density at radius 2 is 2.38 bits per heavy atom. The number of hydrogen-bond acceptors (Lipinski definition) is 3. The number of carbonyl (C=O) groups is 1. The standard InChI is InChI=1S/C10H11NO2/c1-8-7-9(5-6-11-8)3-4-10(12)13-2/h3-7H,1-2H3/b4-3+. The number of carbonyl (C=O) groups excluding carboxylic acids is 1. The van der Waals surface area contributed by atoms with Gasteiger partial charge in [0, 0.05) is 18.0 Å². The summed E-state index contributed by atoms with van der Waals surface area (Å²) >= 11 is 0. The number of nitrogens with zero attached hydrogens (tertiary/aromatic N) is 1. The van der Waals surface area contributed by atoms with E-state index in [0.29, 0.717) is 0 Å². The Morgan fingerprint density at radius 3 is 3.00 bits per heavy atom. The second kappa shape index (κ2) is 4.40. The monoisotopic (exact) mass is 177 g/mol. The zero-order chi connectivity index (χ0) is 9.68. The number of hydrogen-bond donors (Lipinski definition) is 0. The lowest BCUT2D eigenvalue weighted by atomic mass is 10.2. The molecule has 3 nitrogen and oxygen atoms in total. The molecule has 0 amide bonds.